The zero-order chi connectivity index (χ0) is 20.0. The predicted molar refractivity (Wildman–Crippen MR) is 115 cm³/mol. The van der Waals surface area contributed by atoms with E-state index in [0.717, 1.165) is 77.6 Å². The number of carbonyl (C=O) groups is 1. The lowest BCUT2D eigenvalue weighted by molar-refractivity contribution is -0.123. The van der Waals surface area contributed by atoms with Crippen LogP contribution in [-0.2, 0) is 23.1 Å². The van der Waals surface area contributed by atoms with E-state index in [0.29, 0.717) is 0 Å². The molecule has 1 saturated carbocycles. The van der Waals surface area contributed by atoms with E-state index in [-0.39, 0.29) is 5.91 Å². The number of nitrogen functional groups attached to an aromatic ring is 1. The lowest BCUT2D eigenvalue weighted by Gasteiger charge is -2.25. The van der Waals surface area contributed by atoms with Crippen molar-refractivity contribution in [2.24, 2.45) is 5.73 Å². The Labute approximate surface area is 170 Å². The highest BCUT2D eigenvalue weighted by Crippen LogP contribution is 2.41. The molecule has 0 aliphatic heterocycles. The highest BCUT2D eigenvalue weighted by atomic mass is 16.1. The van der Waals surface area contributed by atoms with Gasteiger partial charge in [-0.2, -0.15) is 0 Å². The molecule has 1 aromatic carbocycles. The molecule has 2 aliphatic rings. The molecule has 0 atom stereocenters. The number of pyridine rings is 2. The van der Waals surface area contributed by atoms with E-state index in [1.165, 1.54) is 18.4 Å². The second-order valence-electron chi connectivity index (χ2n) is 8.47. The van der Waals surface area contributed by atoms with E-state index < -0.39 is 5.41 Å². The first-order chi connectivity index (χ1) is 14.1. The molecule has 1 amide bonds. The zero-order valence-electron chi connectivity index (χ0n) is 16.6. The maximum atomic E-state index is 12.3. The fraction of sp³-hybridized carbons (Fsp3) is 0.375. The van der Waals surface area contributed by atoms with Gasteiger partial charge in [0.2, 0.25) is 5.91 Å². The van der Waals surface area contributed by atoms with Crippen molar-refractivity contribution in [3.63, 3.8) is 0 Å². The highest BCUT2D eigenvalue weighted by Gasteiger charge is 2.42. The molecule has 2 heterocycles. The molecule has 2 aromatic heterocycles. The molecule has 0 spiro atoms. The van der Waals surface area contributed by atoms with Crippen molar-refractivity contribution >= 4 is 22.5 Å². The number of carbonyl (C=O) groups excluding carboxylic acids is 1. The van der Waals surface area contributed by atoms with Crippen LogP contribution in [0.25, 0.3) is 22.0 Å². The van der Waals surface area contributed by atoms with Gasteiger partial charge in [0.15, 0.2) is 0 Å². The van der Waals surface area contributed by atoms with Crippen LogP contribution in [0.4, 0.5) is 5.69 Å². The van der Waals surface area contributed by atoms with Gasteiger partial charge < -0.3 is 11.5 Å². The summed E-state index contributed by atoms with van der Waals surface area (Å²) in [6.07, 6.45) is 9.74. The molecule has 5 rings (SSSR count). The third-order valence-corrected chi connectivity index (χ3v) is 6.82. The molecule has 0 saturated heterocycles. The number of primary amides is 1. The van der Waals surface area contributed by atoms with Crippen molar-refractivity contribution in [3.8, 4) is 11.1 Å². The quantitative estimate of drug-likeness (QED) is 0.710. The Balaban J connectivity index is 1.61. The number of aryl methyl sites for hydroxylation is 1. The number of aromatic nitrogens is 2. The normalized spacial score (nSPS) is 17.9. The molecule has 3 aromatic rings. The molecule has 0 unspecified atom stereocenters. The molecule has 5 nitrogen and oxygen atoms in total. The van der Waals surface area contributed by atoms with E-state index in [4.69, 9.17) is 16.5 Å². The number of fused-ring (bicyclic) bond motifs is 2. The summed E-state index contributed by atoms with van der Waals surface area (Å²) in [6, 6.07) is 10.3. The van der Waals surface area contributed by atoms with Crippen molar-refractivity contribution in [2.45, 2.75) is 56.8 Å². The Kier molecular flexibility index (Phi) is 4.26. The smallest absolute Gasteiger partial charge is 0.229 e. The average Bonchev–Trinajstić information content (AvgIpc) is 3.25. The third-order valence-electron chi connectivity index (χ3n) is 6.82. The van der Waals surface area contributed by atoms with Crippen molar-refractivity contribution in [1.82, 2.24) is 9.97 Å². The van der Waals surface area contributed by atoms with Gasteiger partial charge in [-0.25, -0.2) is 0 Å². The molecular weight excluding hydrogens is 360 g/mol. The van der Waals surface area contributed by atoms with Gasteiger partial charge in [0, 0.05) is 23.0 Å². The van der Waals surface area contributed by atoms with Gasteiger partial charge in [0.25, 0.3) is 0 Å². The first kappa shape index (κ1) is 18.1. The standard InChI is InChI=1S/C24H26N4O/c25-22-17-5-1-2-6-19(17)28-20-8-7-15(13-18(20)22)16-9-12-27-21(14-16)24(23(26)29)10-3-4-11-24/h7-9,12-14H,1-6,10-11H2,(H2,25,28)(H2,26,29). The summed E-state index contributed by atoms with van der Waals surface area (Å²) in [4.78, 5) is 21.7. The van der Waals surface area contributed by atoms with E-state index in [9.17, 15) is 4.79 Å². The van der Waals surface area contributed by atoms with Crippen LogP contribution >= 0.6 is 0 Å². The van der Waals surface area contributed by atoms with Gasteiger partial charge in [0.1, 0.15) is 0 Å². The second kappa shape index (κ2) is 6.83. The average molecular weight is 386 g/mol. The Bertz CT molecular complexity index is 1120. The molecule has 5 heteroatoms. The lowest BCUT2D eigenvalue weighted by atomic mass is 9.80. The highest BCUT2D eigenvalue weighted by molar-refractivity contribution is 5.95. The van der Waals surface area contributed by atoms with Crippen LogP contribution in [0, 0.1) is 0 Å². The molecule has 4 N–H and O–H groups in total. The van der Waals surface area contributed by atoms with E-state index in [1.54, 1.807) is 6.20 Å². The molecule has 2 aliphatic carbocycles. The van der Waals surface area contributed by atoms with Crippen LogP contribution in [0.2, 0.25) is 0 Å². The predicted octanol–water partition coefficient (Wildman–Crippen LogP) is 4.05. The molecule has 148 valence electrons. The van der Waals surface area contributed by atoms with Crippen LogP contribution in [-0.4, -0.2) is 15.9 Å². The minimum Gasteiger partial charge on any atom is -0.398 e. The molecule has 1 fully saturated rings. The van der Waals surface area contributed by atoms with Crippen LogP contribution < -0.4 is 11.5 Å². The number of hydrogen-bond acceptors (Lipinski definition) is 4. The summed E-state index contributed by atoms with van der Waals surface area (Å²) in [6.45, 7) is 0. The SMILES string of the molecule is NC(=O)C1(c2cc(-c3ccc4nc5c(c(N)c4c3)CCCC5)ccn2)CCCC1. The summed E-state index contributed by atoms with van der Waals surface area (Å²) < 4.78 is 0. The van der Waals surface area contributed by atoms with Crippen LogP contribution in [0.1, 0.15) is 55.5 Å². The zero-order valence-corrected chi connectivity index (χ0v) is 16.6. The third kappa shape index (κ3) is 2.87. The number of nitrogens with two attached hydrogens (primary N) is 2. The number of amides is 1. The number of anilines is 1. The minimum absolute atomic E-state index is 0.266. The van der Waals surface area contributed by atoms with Gasteiger partial charge in [-0.05, 0) is 79.5 Å². The van der Waals surface area contributed by atoms with Gasteiger partial charge in [-0.1, -0.05) is 18.9 Å². The van der Waals surface area contributed by atoms with Crippen molar-refractivity contribution < 1.29 is 4.79 Å². The maximum Gasteiger partial charge on any atom is 0.229 e. The second-order valence-corrected chi connectivity index (χ2v) is 8.47. The van der Waals surface area contributed by atoms with Crippen LogP contribution in [0.3, 0.4) is 0 Å². The van der Waals surface area contributed by atoms with Gasteiger partial charge in [-0.3, -0.25) is 14.8 Å². The summed E-state index contributed by atoms with van der Waals surface area (Å²) in [5.41, 5.74) is 18.8. The molecule has 0 bridgehead atoms. The topological polar surface area (TPSA) is 94.9 Å². The summed E-state index contributed by atoms with van der Waals surface area (Å²) in [5, 5.41) is 1.01. The number of benzene rings is 1. The van der Waals surface area contributed by atoms with Crippen molar-refractivity contribution in [3.05, 3.63) is 53.5 Å². The molecular formula is C24H26N4O. The van der Waals surface area contributed by atoms with Crippen molar-refractivity contribution in [1.29, 1.82) is 0 Å². The Morgan fingerprint density at radius 3 is 2.52 bits per heavy atom. The fourth-order valence-corrected chi connectivity index (χ4v) is 5.12. The van der Waals surface area contributed by atoms with Gasteiger partial charge in [0.05, 0.1) is 16.6 Å². The monoisotopic (exact) mass is 386 g/mol. The van der Waals surface area contributed by atoms with Crippen molar-refractivity contribution in [2.75, 3.05) is 5.73 Å². The Morgan fingerprint density at radius 1 is 0.966 bits per heavy atom. The maximum absolute atomic E-state index is 12.3. The molecule has 29 heavy (non-hydrogen) atoms. The minimum atomic E-state index is -0.632. The summed E-state index contributed by atoms with van der Waals surface area (Å²) in [7, 11) is 0. The number of hydrogen-bond donors (Lipinski definition) is 2. The summed E-state index contributed by atoms with van der Waals surface area (Å²) in [5.74, 6) is -0.266. The number of nitrogens with zero attached hydrogens (tertiary/aromatic N) is 2. The summed E-state index contributed by atoms with van der Waals surface area (Å²) >= 11 is 0. The van der Waals surface area contributed by atoms with E-state index in [1.807, 2.05) is 12.1 Å². The first-order valence-electron chi connectivity index (χ1n) is 10.6. The Morgan fingerprint density at radius 2 is 1.72 bits per heavy atom. The van der Waals surface area contributed by atoms with Crippen LogP contribution in [0.15, 0.2) is 36.5 Å². The fourth-order valence-electron chi connectivity index (χ4n) is 5.12. The van der Waals surface area contributed by atoms with Crippen LogP contribution in [0.5, 0.6) is 0 Å². The molecule has 0 radical (unpaired) electrons. The van der Waals surface area contributed by atoms with E-state index in [2.05, 4.69) is 23.2 Å². The van der Waals surface area contributed by atoms with Gasteiger partial charge in [-0.15, -0.1) is 0 Å². The lowest BCUT2D eigenvalue weighted by Crippen LogP contribution is -2.39. The van der Waals surface area contributed by atoms with E-state index >= 15 is 0 Å². The first-order valence-corrected chi connectivity index (χ1v) is 10.6. The largest absolute Gasteiger partial charge is 0.398 e. The van der Waals surface area contributed by atoms with Gasteiger partial charge >= 0.3 is 0 Å². The Hall–Kier alpha value is -2.95. The number of rotatable bonds is 3.